The summed E-state index contributed by atoms with van der Waals surface area (Å²) in [5.41, 5.74) is 4.02. The highest BCUT2D eigenvalue weighted by Gasteiger charge is 2.17. The van der Waals surface area contributed by atoms with E-state index in [1.54, 1.807) is 0 Å². The van der Waals surface area contributed by atoms with Gasteiger partial charge in [0.25, 0.3) is 5.91 Å². The fraction of sp³-hybridized carbons (Fsp3) is 0. The smallest absolute Gasteiger partial charge is 0.356 e. The van der Waals surface area contributed by atoms with E-state index in [9.17, 15) is 9.59 Å². The maximum atomic E-state index is 10.4. The Morgan fingerprint density at radius 3 is 2.55 bits per heavy atom. The van der Waals surface area contributed by atoms with Crippen LogP contribution in [0.1, 0.15) is 21.0 Å². The second-order valence-electron chi connectivity index (χ2n) is 1.70. The van der Waals surface area contributed by atoms with Gasteiger partial charge in [-0.2, -0.15) is 0 Å². The van der Waals surface area contributed by atoms with Crippen LogP contribution in [0.15, 0.2) is 0 Å². The van der Waals surface area contributed by atoms with Gasteiger partial charge in [0.05, 0.1) is 0 Å². The molecule has 0 aliphatic rings. The van der Waals surface area contributed by atoms with Crippen molar-refractivity contribution in [2.75, 3.05) is 0 Å². The molecule has 0 bridgehead atoms. The zero-order valence-electron chi connectivity index (χ0n) is 5.24. The van der Waals surface area contributed by atoms with Gasteiger partial charge in [-0.05, 0) is 0 Å². The van der Waals surface area contributed by atoms with E-state index in [-0.39, 0.29) is 5.69 Å². The number of hydrogen-bond donors (Lipinski definition) is 3. The maximum absolute atomic E-state index is 10.4. The Hall–Kier alpha value is -1.92. The van der Waals surface area contributed by atoms with Gasteiger partial charge < -0.3 is 10.8 Å². The predicted octanol–water partition coefficient (Wildman–Crippen LogP) is -1.40. The number of nitrogens with two attached hydrogens (primary N) is 1. The topological polar surface area (TPSA) is 122 Å². The first-order valence-corrected chi connectivity index (χ1v) is 2.57. The molecule has 0 atom stereocenters. The van der Waals surface area contributed by atoms with Crippen molar-refractivity contribution in [2.45, 2.75) is 0 Å². The second-order valence-corrected chi connectivity index (χ2v) is 1.70. The Morgan fingerprint density at radius 2 is 2.18 bits per heavy atom. The molecule has 0 aliphatic heterocycles. The highest BCUT2D eigenvalue weighted by molar-refractivity contribution is 6.01. The number of nitrogens with one attached hydrogen (secondary N) is 1. The van der Waals surface area contributed by atoms with Crippen LogP contribution in [0.4, 0.5) is 0 Å². The number of carboxylic acid groups (broad SMARTS) is 1. The molecule has 0 radical (unpaired) electrons. The minimum absolute atomic E-state index is 0.363. The molecule has 0 aromatic carbocycles. The van der Waals surface area contributed by atoms with E-state index in [4.69, 9.17) is 10.8 Å². The third kappa shape index (κ3) is 1.16. The first-order valence-electron chi connectivity index (χ1n) is 2.57. The number of aromatic amines is 1. The Kier molecular flexibility index (Phi) is 1.55. The third-order valence-electron chi connectivity index (χ3n) is 0.996. The van der Waals surface area contributed by atoms with E-state index in [1.807, 2.05) is 5.10 Å². The summed E-state index contributed by atoms with van der Waals surface area (Å²) < 4.78 is 0. The summed E-state index contributed by atoms with van der Waals surface area (Å²) >= 11 is 0. The number of rotatable bonds is 2. The minimum Gasteiger partial charge on any atom is -0.476 e. The highest BCUT2D eigenvalue weighted by atomic mass is 16.4. The molecule has 0 saturated carbocycles. The largest absolute Gasteiger partial charge is 0.476 e. The van der Waals surface area contributed by atoms with Crippen molar-refractivity contribution in [3.8, 4) is 0 Å². The molecule has 7 heteroatoms. The average Bonchev–Trinajstić information content (AvgIpc) is 2.32. The van der Waals surface area contributed by atoms with E-state index in [1.165, 1.54) is 0 Å². The second kappa shape index (κ2) is 2.37. The quantitative estimate of drug-likeness (QED) is 0.486. The molecule has 7 nitrogen and oxygen atoms in total. The summed E-state index contributed by atoms with van der Waals surface area (Å²) in [6.07, 6.45) is 0. The van der Waals surface area contributed by atoms with Crippen LogP contribution in [-0.4, -0.2) is 32.4 Å². The number of carbonyl (C=O) groups excluding carboxylic acids is 1. The van der Waals surface area contributed by atoms with E-state index in [0.717, 1.165) is 0 Å². The highest BCUT2D eigenvalue weighted by Crippen LogP contribution is 1.98. The van der Waals surface area contributed by atoms with Crippen molar-refractivity contribution in [1.82, 2.24) is 15.4 Å². The van der Waals surface area contributed by atoms with Crippen LogP contribution in [0.25, 0.3) is 0 Å². The lowest BCUT2D eigenvalue weighted by Gasteiger charge is -1.87. The normalized spacial score (nSPS) is 9.45. The van der Waals surface area contributed by atoms with Crippen molar-refractivity contribution >= 4 is 11.9 Å². The van der Waals surface area contributed by atoms with Gasteiger partial charge in [0, 0.05) is 0 Å². The van der Waals surface area contributed by atoms with Crippen molar-refractivity contribution in [3.63, 3.8) is 0 Å². The molecule has 1 aromatic rings. The van der Waals surface area contributed by atoms with Gasteiger partial charge in [0.1, 0.15) is 0 Å². The van der Waals surface area contributed by atoms with Crippen LogP contribution >= 0.6 is 0 Å². The number of carboxylic acids is 1. The number of nitrogens with zero attached hydrogens (tertiary/aromatic N) is 2. The summed E-state index contributed by atoms with van der Waals surface area (Å²) in [6.45, 7) is 0. The zero-order chi connectivity index (χ0) is 8.43. The van der Waals surface area contributed by atoms with Gasteiger partial charge in [0.15, 0.2) is 11.4 Å². The zero-order valence-corrected chi connectivity index (χ0v) is 5.24. The molecule has 0 spiro atoms. The number of carbonyl (C=O) groups is 2. The van der Waals surface area contributed by atoms with E-state index in [0.29, 0.717) is 0 Å². The molecule has 1 amide bonds. The lowest BCUT2D eigenvalue weighted by Crippen LogP contribution is -2.16. The molecule has 0 aliphatic carbocycles. The summed E-state index contributed by atoms with van der Waals surface area (Å²) in [6, 6.07) is 0. The monoisotopic (exact) mass is 156 g/mol. The summed E-state index contributed by atoms with van der Waals surface area (Å²) in [7, 11) is 0. The Bertz CT molecular complexity index is 276. The fourth-order valence-corrected chi connectivity index (χ4v) is 0.550. The predicted molar refractivity (Wildman–Crippen MR) is 31.9 cm³/mol. The lowest BCUT2D eigenvalue weighted by molar-refractivity contribution is 0.0685. The molecule has 0 fully saturated rings. The molecule has 58 valence electrons. The number of amides is 1. The van der Waals surface area contributed by atoms with Gasteiger partial charge in [-0.3, -0.25) is 9.89 Å². The average molecular weight is 156 g/mol. The van der Waals surface area contributed by atoms with Crippen molar-refractivity contribution < 1.29 is 14.7 Å². The summed E-state index contributed by atoms with van der Waals surface area (Å²) in [4.78, 5) is 20.7. The van der Waals surface area contributed by atoms with Gasteiger partial charge in [-0.25, -0.2) is 4.79 Å². The minimum atomic E-state index is -1.32. The summed E-state index contributed by atoms with van der Waals surface area (Å²) in [5.74, 6) is -2.24. The first kappa shape index (κ1) is 7.19. The number of aromatic carboxylic acids is 1. The number of hydrogen-bond acceptors (Lipinski definition) is 4. The van der Waals surface area contributed by atoms with Crippen LogP contribution in [0.3, 0.4) is 0 Å². The maximum Gasteiger partial charge on any atom is 0.356 e. The van der Waals surface area contributed by atoms with Gasteiger partial charge in [-0.1, -0.05) is 5.21 Å². The van der Waals surface area contributed by atoms with Crippen molar-refractivity contribution in [2.24, 2.45) is 5.73 Å². The molecule has 1 rings (SSSR count). The molecular formula is C4H4N4O3. The Morgan fingerprint density at radius 1 is 1.55 bits per heavy atom. The molecule has 1 heterocycles. The standard InChI is InChI=1S/C4H4N4O3/c5-3(9)1-2(4(10)11)7-8-6-1/h(H2,5,9)(H,10,11)(H,6,7,8). The number of H-pyrrole nitrogens is 1. The van der Waals surface area contributed by atoms with Crippen LogP contribution in [0.5, 0.6) is 0 Å². The molecular weight excluding hydrogens is 152 g/mol. The van der Waals surface area contributed by atoms with Crippen LogP contribution in [0.2, 0.25) is 0 Å². The fourth-order valence-electron chi connectivity index (χ4n) is 0.550. The Labute approximate surface area is 60.2 Å². The molecule has 4 N–H and O–H groups in total. The molecule has 1 aromatic heterocycles. The molecule has 0 unspecified atom stereocenters. The number of aromatic nitrogens is 3. The van der Waals surface area contributed by atoms with Crippen LogP contribution < -0.4 is 5.73 Å². The third-order valence-corrected chi connectivity index (χ3v) is 0.996. The number of primary amides is 1. The van der Waals surface area contributed by atoms with Gasteiger partial charge in [-0.15, -0.1) is 5.10 Å². The van der Waals surface area contributed by atoms with E-state index in [2.05, 4.69) is 10.3 Å². The molecule has 0 saturated heterocycles. The van der Waals surface area contributed by atoms with Crippen LogP contribution in [-0.2, 0) is 0 Å². The Balaban J connectivity index is 3.16. The SMILES string of the molecule is NC(=O)c1nn[nH]c1C(=O)O. The van der Waals surface area contributed by atoms with Gasteiger partial charge >= 0.3 is 5.97 Å². The van der Waals surface area contributed by atoms with Crippen LogP contribution in [0, 0.1) is 0 Å². The lowest BCUT2D eigenvalue weighted by atomic mass is 10.3. The van der Waals surface area contributed by atoms with Crippen molar-refractivity contribution in [1.29, 1.82) is 0 Å². The summed E-state index contributed by atoms with van der Waals surface area (Å²) in [5, 5.41) is 16.7. The van der Waals surface area contributed by atoms with Crippen molar-refractivity contribution in [3.05, 3.63) is 11.4 Å². The molecule has 11 heavy (non-hydrogen) atoms. The first-order chi connectivity index (χ1) is 5.13. The van der Waals surface area contributed by atoms with E-state index >= 15 is 0 Å². The van der Waals surface area contributed by atoms with E-state index < -0.39 is 17.6 Å². The van der Waals surface area contributed by atoms with Gasteiger partial charge in [0.2, 0.25) is 0 Å².